The van der Waals surface area contributed by atoms with Gasteiger partial charge in [0.25, 0.3) is 0 Å². The Kier molecular flexibility index (Phi) is 23.3. The van der Waals surface area contributed by atoms with E-state index in [1.165, 1.54) is 0 Å². The number of carboxylic acid groups (broad SMARTS) is 1. The third kappa shape index (κ3) is 30.3. The van der Waals surface area contributed by atoms with Gasteiger partial charge in [-0.15, -0.1) is 0 Å². The number of hydrogen-bond acceptors (Lipinski definition) is 11. The van der Waals surface area contributed by atoms with Crippen LogP contribution in [0.3, 0.4) is 0 Å². The van der Waals surface area contributed by atoms with Crippen LogP contribution in [0.25, 0.3) is 0 Å². The number of carbonyl (C=O) groups excluding carboxylic acids is 2. The number of unbranched alkanes of at least 4 members (excludes halogenated alkanes) is 1. The van der Waals surface area contributed by atoms with Gasteiger partial charge in [0.2, 0.25) is 0 Å². The Morgan fingerprint density at radius 1 is 0.514 bits per heavy atom. The van der Waals surface area contributed by atoms with Gasteiger partial charge in [-0.3, -0.25) is 14.4 Å². The maximum absolute atomic E-state index is 11.5. The molecular weight excluding hydrogens is 492 g/mol. The third-order valence-corrected chi connectivity index (χ3v) is 4.24. The van der Waals surface area contributed by atoms with Crippen LogP contribution in [0.1, 0.15) is 52.9 Å². The van der Waals surface area contributed by atoms with Gasteiger partial charge in [0.1, 0.15) is 12.2 Å². The van der Waals surface area contributed by atoms with Crippen LogP contribution in [0.15, 0.2) is 0 Å². The lowest BCUT2D eigenvalue weighted by molar-refractivity contribution is -0.156. The van der Waals surface area contributed by atoms with Crippen LogP contribution in [-0.4, -0.2) is 115 Å². The minimum absolute atomic E-state index is 0.0594. The summed E-state index contributed by atoms with van der Waals surface area (Å²) in [5.74, 6) is -1.49. The van der Waals surface area contributed by atoms with Crippen molar-refractivity contribution >= 4 is 17.9 Å². The van der Waals surface area contributed by atoms with E-state index in [1.807, 2.05) is 20.8 Å². The molecule has 0 radical (unpaired) electrons. The van der Waals surface area contributed by atoms with Crippen molar-refractivity contribution in [3.8, 4) is 0 Å². The third-order valence-electron chi connectivity index (χ3n) is 4.24. The van der Waals surface area contributed by atoms with Crippen LogP contribution in [0.2, 0.25) is 0 Å². The molecule has 0 bridgehead atoms. The van der Waals surface area contributed by atoms with Gasteiger partial charge in [-0.2, -0.15) is 0 Å². The summed E-state index contributed by atoms with van der Waals surface area (Å²) < 4.78 is 42.4. The molecule has 0 aliphatic heterocycles. The molecule has 0 aromatic rings. The molecule has 12 heteroatoms. The Balaban J connectivity index is 3.19. The van der Waals surface area contributed by atoms with E-state index in [0.29, 0.717) is 85.5 Å². The molecule has 0 amide bonds. The van der Waals surface area contributed by atoms with Gasteiger partial charge in [0.05, 0.1) is 85.7 Å². The number of carbonyl (C=O) groups is 3. The fraction of sp³-hybridized carbons (Fsp3) is 0.880. The summed E-state index contributed by atoms with van der Waals surface area (Å²) in [5, 5.41) is 8.52. The summed E-state index contributed by atoms with van der Waals surface area (Å²) in [7, 11) is 0. The van der Waals surface area contributed by atoms with Gasteiger partial charge in [0.15, 0.2) is 0 Å². The van der Waals surface area contributed by atoms with Crippen LogP contribution in [0, 0.1) is 0 Å². The Hall–Kier alpha value is -1.83. The first-order chi connectivity index (χ1) is 17.7. The molecule has 0 saturated carbocycles. The summed E-state index contributed by atoms with van der Waals surface area (Å²) >= 11 is 0. The maximum Gasteiger partial charge on any atom is 0.308 e. The van der Waals surface area contributed by atoms with E-state index in [4.69, 9.17) is 43.0 Å². The van der Waals surface area contributed by atoms with Crippen molar-refractivity contribution in [3.63, 3.8) is 0 Å². The molecule has 0 aliphatic carbocycles. The number of ether oxygens (including phenoxy) is 8. The second-order valence-electron chi connectivity index (χ2n) is 8.83. The minimum Gasteiger partial charge on any atom is -0.481 e. The standard InChI is InChI=1S/C25H46O12/c1-25(2,3)37-24(29)8-9-30-10-11-31-12-13-32-14-15-33-16-17-34-18-19-35-20-21-36-23(28)7-5-4-6-22(26)27/h4-21H2,1-3H3,(H,26,27). The van der Waals surface area contributed by atoms with Gasteiger partial charge < -0.3 is 43.0 Å². The van der Waals surface area contributed by atoms with Crippen LogP contribution in [-0.2, 0) is 52.3 Å². The van der Waals surface area contributed by atoms with E-state index in [9.17, 15) is 14.4 Å². The van der Waals surface area contributed by atoms with Gasteiger partial charge in [-0.25, -0.2) is 0 Å². The smallest absolute Gasteiger partial charge is 0.308 e. The summed E-state index contributed by atoms with van der Waals surface area (Å²) in [6.07, 6.45) is 1.45. The zero-order valence-corrected chi connectivity index (χ0v) is 22.7. The Bertz CT molecular complexity index is 577. The number of carboxylic acids is 1. The molecule has 0 spiro atoms. The van der Waals surface area contributed by atoms with E-state index in [-0.39, 0.29) is 44.4 Å². The van der Waals surface area contributed by atoms with E-state index in [2.05, 4.69) is 0 Å². The van der Waals surface area contributed by atoms with Crippen LogP contribution < -0.4 is 0 Å². The first-order valence-corrected chi connectivity index (χ1v) is 12.8. The highest BCUT2D eigenvalue weighted by Gasteiger charge is 2.15. The van der Waals surface area contributed by atoms with Crippen molar-refractivity contribution in [2.45, 2.75) is 58.5 Å². The molecule has 1 N–H and O–H groups in total. The van der Waals surface area contributed by atoms with Crippen molar-refractivity contribution < 1.29 is 57.4 Å². The van der Waals surface area contributed by atoms with E-state index in [0.717, 1.165) is 0 Å². The largest absolute Gasteiger partial charge is 0.481 e. The highest BCUT2D eigenvalue weighted by molar-refractivity contribution is 5.70. The average Bonchev–Trinajstić information content (AvgIpc) is 2.81. The van der Waals surface area contributed by atoms with E-state index in [1.54, 1.807) is 0 Å². The monoisotopic (exact) mass is 538 g/mol. The molecule has 0 atom stereocenters. The SMILES string of the molecule is CC(C)(C)OC(=O)CCOCCOCCOCCOCCOCCOCCOC(=O)CCCCC(=O)O. The van der Waals surface area contributed by atoms with Gasteiger partial charge in [-0.05, 0) is 33.6 Å². The normalized spacial score (nSPS) is 11.4. The quantitative estimate of drug-likeness (QED) is 0.127. The van der Waals surface area contributed by atoms with Crippen LogP contribution in [0.5, 0.6) is 0 Å². The summed E-state index contributed by atoms with van der Waals surface area (Å²) in [6.45, 7) is 10.5. The second kappa shape index (κ2) is 24.5. The van der Waals surface area contributed by atoms with E-state index >= 15 is 0 Å². The molecule has 0 aliphatic rings. The number of rotatable bonds is 26. The Morgan fingerprint density at radius 2 is 0.892 bits per heavy atom. The Morgan fingerprint density at radius 3 is 1.30 bits per heavy atom. The van der Waals surface area contributed by atoms with Crippen molar-refractivity contribution in [3.05, 3.63) is 0 Å². The maximum atomic E-state index is 11.5. The molecular formula is C25H46O12. The van der Waals surface area contributed by atoms with Crippen molar-refractivity contribution in [2.24, 2.45) is 0 Å². The molecule has 0 saturated heterocycles. The van der Waals surface area contributed by atoms with Gasteiger partial charge >= 0.3 is 17.9 Å². The summed E-state index contributed by atoms with van der Waals surface area (Å²) in [6, 6.07) is 0. The molecule has 37 heavy (non-hydrogen) atoms. The molecule has 12 nitrogen and oxygen atoms in total. The minimum atomic E-state index is -0.864. The van der Waals surface area contributed by atoms with Crippen LogP contribution in [0.4, 0.5) is 0 Å². The number of esters is 2. The first-order valence-electron chi connectivity index (χ1n) is 12.8. The van der Waals surface area contributed by atoms with Crippen molar-refractivity contribution in [1.82, 2.24) is 0 Å². The molecule has 0 unspecified atom stereocenters. The molecule has 0 aromatic carbocycles. The molecule has 0 fully saturated rings. The summed E-state index contributed by atoms with van der Waals surface area (Å²) in [5.41, 5.74) is -0.481. The van der Waals surface area contributed by atoms with Crippen molar-refractivity contribution in [2.75, 3.05) is 85.9 Å². The fourth-order valence-corrected chi connectivity index (χ4v) is 2.58. The van der Waals surface area contributed by atoms with Gasteiger partial charge in [0, 0.05) is 12.8 Å². The second-order valence-corrected chi connectivity index (χ2v) is 8.83. The fourth-order valence-electron chi connectivity index (χ4n) is 2.58. The molecule has 0 rings (SSSR count). The predicted molar refractivity (Wildman–Crippen MR) is 132 cm³/mol. The first kappa shape index (κ1) is 35.2. The highest BCUT2D eigenvalue weighted by Crippen LogP contribution is 2.08. The lowest BCUT2D eigenvalue weighted by Crippen LogP contribution is -2.24. The molecule has 0 aromatic heterocycles. The zero-order chi connectivity index (χ0) is 27.6. The zero-order valence-electron chi connectivity index (χ0n) is 22.7. The number of aliphatic carboxylic acids is 1. The van der Waals surface area contributed by atoms with Gasteiger partial charge in [-0.1, -0.05) is 0 Å². The van der Waals surface area contributed by atoms with E-state index < -0.39 is 11.6 Å². The number of hydrogen-bond donors (Lipinski definition) is 1. The lowest BCUT2D eigenvalue weighted by Gasteiger charge is -2.19. The van der Waals surface area contributed by atoms with Crippen molar-refractivity contribution in [1.29, 1.82) is 0 Å². The average molecular weight is 539 g/mol. The predicted octanol–water partition coefficient (Wildman–Crippen LogP) is 2.01. The highest BCUT2D eigenvalue weighted by atomic mass is 16.6. The molecule has 0 heterocycles. The van der Waals surface area contributed by atoms with Crippen LogP contribution >= 0.6 is 0 Å². The molecule has 218 valence electrons. The topological polar surface area (TPSA) is 145 Å². The Labute approximate surface area is 220 Å². The summed E-state index contributed by atoms with van der Waals surface area (Å²) in [4.78, 5) is 33.3. The lowest BCUT2D eigenvalue weighted by atomic mass is 10.2.